The molecule has 2 rings (SSSR count). The van der Waals surface area contributed by atoms with Crippen LogP contribution >= 0.6 is 35.0 Å². The predicted molar refractivity (Wildman–Crippen MR) is 95.0 cm³/mol. The number of carboxylic acid groups (broad SMARTS) is 1. The van der Waals surface area contributed by atoms with Gasteiger partial charge in [-0.2, -0.15) is 0 Å². The normalized spacial score (nSPS) is 16.1. The van der Waals surface area contributed by atoms with Crippen LogP contribution in [-0.2, 0) is 11.2 Å². The molecular weight excluding hydrogens is 373 g/mol. The standard InChI is InChI=1S/C16H13Cl2NO4S/c1-3-4-19-12(24-2)7-10(20)9-5-8-6-11(16(21)22)23-15(8)14(18)13(9)17/h1,5,7,11,19H,4,6H2,2H3,(H,21,22)/b12-7+. The zero-order valence-electron chi connectivity index (χ0n) is 12.6. The minimum Gasteiger partial charge on any atom is -0.478 e. The molecule has 1 heterocycles. The van der Waals surface area contributed by atoms with Crippen LogP contribution in [0.3, 0.4) is 0 Å². The lowest BCUT2D eigenvalue weighted by atomic mass is 10.0. The SMILES string of the molecule is C#CCN/C(=C\C(=O)c1cc2c(c(Cl)c1Cl)OC(C(=O)O)C2)SC. The molecule has 0 amide bonds. The number of carboxylic acids is 1. The number of allylic oxidation sites excluding steroid dienone is 1. The van der Waals surface area contributed by atoms with E-state index in [-0.39, 0.29) is 40.1 Å². The van der Waals surface area contributed by atoms with Gasteiger partial charge in [0, 0.05) is 23.6 Å². The number of rotatable bonds is 6. The van der Waals surface area contributed by atoms with Gasteiger partial charge in [-0.1, -0.05) is 29.1 Å². The van der Waals surface area contributed by atoms with Crippen molar-refractivity contribution in [2.45, 2.75) is 12.5 Å². The molecule has 8 heteroatoms. The van der Waals surface area contributed by atoms with E-state index in [9.17, 15) is 9.59 Å². The average Bonchev–Trinajstić information content (AvgIpc) is 2.99. The molecule has 1 aromatic rings. The summed E-state index contributed by atoms with van der Waals surface area (Å²) in [6.07, 6.45) is 7.44. The zero-order chi connectivity index (χ0) is 17.9. The molecule has 24 heavy (non-hydrogen) atoms. The van der Waals surface area contributed by atoms with Crippen molar-refractivity contribution in [1.82, 2.24) is 5.32 Å². The Labute approximate surface area is 153 Å². The van der Waals surface area contributed by atoms with Crippen LogP contribution in [0.25, 0.3) is 0 Å². The topological polar surface area (TPSA) is 75.6 Å². The maximum Gasteiger partial charge on any atom is 0.345 e. The molecule has 1 atom stereocenters. The third-order valence-electron chi connectivity index (χ3n) is 3.29. The monoisotopic (exact) mass is 385 g/mol. The first-order valence-corrected chi connectivity index (χ1v) is 8.74. The van der Waals surface area contributed by atoms with E-state index < -0.39 is 12.1 Å². The number of terminal acetylenes is 1. The second-order valence-corrected chi connectivity index (χ2v) is 6.43. The van der Waals surface area contributed by atoms with Crippen LogP contribution in [-0.4, -0.2) is 35.8 Å². The third kappa shape index (κ3) is 3.81. The van der Waals surface area contributed by atoms with Gasteiger partial charge in [0.15, 0.2) is 11.9 Å². The van der Waals surface area contributed by atoms with Gasteiger partial charge in [-0.25, -0.2) is 4.79 Å². The van der Waals surface area contributed by atoms with Gasteiger partial charge in [0.25, 0.3) is 0 Å². The van der Waals surface area contributed by atoms with Crippen molar-refractivity contribution in [3.05, 3.63) is 38.3 Å². The molecule has 0 aromatic heterocycles. The number of nitrogens with one attached hydrogen (secondary N) is 1. The van der Waals surface area contributed by atoms with Gasteiger partial charge >= 0.3 is 5.97 Å². The van der Waals surface area contributed by atoms with Crippen molar-refractivity contribution in [1.29, 1.82) is 0 Å². The van der Waals surface area contributed by atoms with Gasteiger partial charge in [0.1, 0.15) is 10.8 Å². The Morgan fingerprint density at radius 1 is 1.54 bits per heavy atom. The molecule has 126 valence electrons. The fraction of sp³-hybridized carbons (Fsp3) is 0.250. The number of halogens is 2. The molecule has 0 fully saturated rings. The van der Waals surface area contributed by atoms with Crippen molar-refractivity contribution < 1.29 is 19.4 Å². The summed E-state index contributed by atoms with van der Waals surface area (Å²) in [5, 5.41) is 12.6. The third-order valence-corrected chi connectivity index (χ3v) is 4.84. The van der Waals surface area contributed by atoms with Gasteiger partial charge in [0.05, 0.1) is 16.6 Å². The molecule has 1 aliphatic rings. The number of aliphatic carboxylic acids is 1. The molecule has 1 unspecified atom stereocenters. The van der Waals surface area contributed by atoms with Crippen LogP contribution in [0.1, 0.15) is 15.9 Å². The number of thioether (sulfide) groups is 1. The minimum atomic E-state index is -1.10. The molecule has 0 bridgehead atoms. The number of carbonyl (C=O) groups excluding carboxylic acids is 1. The van der Waals surface area contributed by atoms with Gasteiger partial charge < -0.3 is 15.2 Å². The van der Waals surface area contributed by atoms with E-state index in [4.69, 9.17) is 39.5 Å². The van der Waals surface area contributed by atoms with Gasteiger partial charge in [-0.3, -0.25) is 4.79 Å². The highest BCUT2D eigenvalue weighted by molar-refractivity contribution is 8.02. The molecule has 0 aliphatic carbocycles. The van der Waals surface area contributed by atoms with Crippen molar-refractivity contribution in [2.24, 2.45) is 0 Å². The number of carbonyl (C=O) groups is 2. The number of benzene rings is 1. The molecule has 0 spiro atoms. The molecule has 0 radical (unpaired) electrons. The zero-order valence-corrected chi connectivity index (χ0v) is 14.9. The summed E-state index contributed by atoms with van der Waals surface area (Å²) in [4.78, 5) is 23.5. The summed E-state index contributed by atoms with van der Waals surface area (Å²) in [6.45, 7) is 0.284. The smallest absolute Gasteiger partial charge is 0.345 e. The van der Waals surface area contributed by atoms with Gasteiger partial charge in [-0.05, 0) is 12.3 Å². The molecule has 1 aromatic carbocycles. The lowest BCUT2D eigenvalue weighted by Crippen LogP contribution is -2.24. The van der Waals surface area contributed by atoms with Crippen LogP contribution in [0, 0.1) is 12.3 Å². The molecule has 2 N–H and O–H groups in total. The highest BCUT2D eigenvalue weighted by Crippen LogP contribution is 2.42. The predicted octanol–water partition coefficient (Wildman–Crippen LogP) is 2.99. The first kappa shape index (κ1) is 18.5. The number of hydrogen-bond donors (Lipinski definition) is 2. The second kappa shape index (κ2) is 7.84. The van der Waals surface area contributed by atoms with E-state index >= 15 is 0 Å². The van der Waals surface area contributed by atoms with Gasteiger partial charge in [-0.15, -0.1) is 18.2 Å². The van der Waals surface area contributed by atoms with E-state index in [0.717, 1.165) is 0 Å². The Balaban J connectivity index is 2.36. The largest absolute Gasteiger partial charge is 0.478 e. The molecular formula is C16H13Cl2NO4S. The minimum absolute atomic E-state index is 0.0279. The van der Waals surface area contributed by atoms with Crippen LogP contribution in [0.2, 0.25) is 10.0 Å². The quantitative estimate of drug-likeness (QED) is 0.445. The Kier molecular flexibility index (Phi) is 6.05. The van der Waals surface area contributed by atoms with Gasteiger partial charge in [0.2, 0.25) is 0 Å². The number of ether oxygens (including phenoxy) is 1. The fourth-order valence-corrected chi connectivity index (χ4v) is 3.10. The first-order chi connectivity index (χ1) is 11.4. The lowest BCUT2D eigenvalue weighted by molar-refractivity contribution is -0.144. The number of hydrogen-bond acceptors (Lipinski definition) is 5. The fourth-order valence-electron chi connectivity index (χ4n) is 2.16. The Morgan fingerprint density at radius 3 is 2.83 bits per heavy atom. The number of ketones is 1. The Hall–Kier alpha value is -1.81. The Morgan fingerprint density at radius 2 is 2.25 bits per heavy atom. The van der Waals surface area contributed by atoms with E-state index in [1.807, 2.05) is 0 Å². The molecule has 0 saturated heterocycles. The molecule has 0 saturated carbocycles. The van der Waals surface area contributed by atoms with E-state index in [1.54, 1.807) is 6.26 Å². The maximum atomic E-state index is 12.5. The summed E-state index contributed by atoms with van der Waals surface area (Å²) >= 11 is 13.6. The number of fused-ring (bicyclic) bond motifs is 1. The molecule has 5 nitrogen and oxygen atoms in total. The summed E-state index contributed by atoms with van der Waals surface area (Å²) < 4.78 is 5.29. The second-order valence-electron chi connectivity index (χ2n) is 4.82. The summed E-state index contributed by atoms with van der Waals surface area (Å²) in [5.41, 5.74) is 0.722. The van der Waals surface area contributed by atoms with Crippen molar-refractivity contribution in [3.8, 4) is 18.1 Å². The summed E-state index contributed by atoms with van der Waals surface area (Å²) in [6, 6.07) is 1.52. The van der Waals surface area contributed by atoms with Crippen molar-refractivity contribution >= 4 is 46.7 Å². The van der Waals surface area contributed by atoms with Crippen molar-refractivity contribution in [2.75, 3.05) is 12.8 Å². The van der Waals surface area contributed by atoms with E-state index in [2.05, 4.69) is 11.2 Å². The Bertz CT molecular complexity index is 770. The highest BCUT2D eigenvalue weighted by atomic mass is 35.5. The van der Waals surface area contributed by atoms with Crippen LogP contribution in [0.4, 0.5) is 0 Å². The summed E-state index contributed by atoms with van der Waals surface area (Å²) in [7, 11) is 0. The maximum absolute atomic E-state index is 12.5. The summed E-state index contributed by atoms with van der Waals surface area (Å²) in [5.74, 6) is 1.17. The highest BCUT2D eigenvalue weighted by Gasteiger charge is 2.33. The molecule has 1 aliphatic heterocycles. The average molecular weight is 386 g/mol. The van der Waals surface area contributed by atoms with E-state index in [1.165, 1.54) is 23.9 Å². The van der Waals surface area contributed by atoms with Crippen LogP contribution in [0.15, 0.2) is 17.2 Å². The van der Waals surface area contributed by atoms with Crippen LogP contribution in [0.5, 0.6) is 5.75 Å². The van der Waals surface area contributed by atoms with E-state index in [0.29, 0.717) is 10.6 Å². The first-order valence-electron chi connectivity index (χ1n) is 6.76. The van der Waals surface area contributed by atoms with Crippen molar-refractivity contribution in [3.63, 3.8) is 0 Å². The van der Waals surface area contributed by atoms with Crippen LogP contribution < -0.4 is 10.1 Å². The lowest BCUT2D eigenvalue weighted by Gasteiger charge is -2.10.